The fourth-order valence-corrected chi connectivity index (χ4v) is 4.28. The summed E-state index contributed by atoms with van der Waals surface area (Å²) in [5.74, 6) is -0.739. The molecule has 0 bridgehead atoms. The van der Waals surface area contributed by atoms with Crippen LogP contribution in [0, 0.1) is 5.92 Å². The number of hydrogen-bond acceptors (Lipinski definition) is 4. The lowest BCUT2D eigenvalue weighted by Crippen LogP contribution is -2.38. The van der Waals surface area contributed by atoms with Gasteiger partial charge in [0.25, 0.3) is 5.91 Å². The van der Waals surface area contributed by atoms with Gasteiger partial charge in [0.05, 0.1) is 18.7 Å². The molecule has 0 saturated carbocycles. The molecule has 0 aliphatic carbocycles. The van der Waals surface area contributed by atoms with E-state index in [1.807, 2.05) is 31.2 Å². The number of halogens is 1. The van der Waals surface area contributed by atoms with Gasteiger partial charge in [0, 0.05) is 34.7 Å². The molecule has 7 heteroatoms. The summed E-state index contributed by atoms with van der Waals surface area (Å²) >= 11 is 6.18. The topological polar surface area (TPSA) is 75.7 Å². The Hall–Kier alpha value is -3.12. The molecule has 0 saturated heterocycles. The van der Waals surface area contributed by atoms with Gasteiger partial charge >= 0.3 is 5.97 Å². The summed E-state index contributed by atoms with van der Waals surface area (Å²) in [7, 11) is 0. The molecule has 2 amide bonds. The molecule has 0 radical (unpaired) electrons. The van der Waals surface area contributed by atoms with Crippen LogP contribution in [0.25, 0.3) is 0 Å². The van der Waals surface area contributed by atoms with E-state index in [0.29, 0.717) is 34.3 Å². The normalized spacial score (nSPS) is 16.9. The molecule has 2 atom stereocenters. The molecule has 6 nitrogen and oxygen atoms in total. The van der Waals surface area contributed by atoms with Crippen LogP contribution in [-0.4, -0.2) is 35.3 Å². The lowest BCUT2D eigenvalue weighted by atomic mass is 9.83. The second-order valence-corrected chi connectivity index (χ2v) is 9.65. The van der Waals surface area contributed by atoms with Crippen LogP contribution in [0.2, 0.25) is 5.02 Å². The number of rotatable bonds is 8. The van der Waals surface area contributed by atoms with Crippen LogP contribution in [0.1, 0.15) is 68.4 Å². The number of nitrogens with one attached hydrogen (secondary N) is 1. The average Bonchev–Trinajstić information content (AvgIpc) is 2.81. The molecule has 1 N–H and O–H groups in total. The number of ether oxygens (including phenoxy) is 1. The first kappa shape index (κ1) is 26.5. The number of amides is 2. The van der Waals surface area contributed by atoms with Crippen LogP contribution in [0.15, 0.2) is 59.8 Å². The third-order valence-corrected chi connectivity index (χ3v) is 6.72. The molecular formula is C28H33ClN2O4. The van der Waals surface area contributed by atoms with Gasteiger partial charge in [-0.2, -0.15) is 0 Å². The number of benzene rings is 2. The van der Waals surface area contributed by atoms with E-state index in [0.717, 1.165) is 11.1 Å². The van der Waals surface area contributed by atoms with Crippen LogP contribution in [-0.2, 0) is 20.9 Å². The van der Waals surface area contributed by atoms with Crippen molar-refractivity contribution in [2.24, 2.45) is 5.92 Å². The number of hydrogen-bond donors (Lipinski definition) is 1. The van der Waals surface area contributed by atoms with E-state index in [-0.39, 0.29) is 30.9 Å². The Morgan fingerprint density at radius 2 is 1.83 bits per heavy atom. The van der Waals surface area contributed by atoms with Gasteiger partial charge < -0.3 is 15.0 Å². The maximum absolute atomic E-state index is 13.2. The van der Waals surface area contributed by atoms with E-state index < -0.39 is 11.9 Å². The molecule has 0 aromatic heterocycles. The molecule has 1 aliphatic heterocycles. The number of nitrogens with zero attached hydrogens (tertiary/aromatic N) is 1. The maximum Gasteiger partial charge on any atom is 0.336 e. The van der Waals surface area contributed by atoms with Crippen molar-refractivity contribution < 1.29 is 19.1 Å². The highest BCUT2D eigenvalue weighted by Gasteiger charge is 2.37. The molecule has 186 valence electrons. The van der Waals surface area contributed by atoms with Crippen molar-refractivity contribution in [2.45, 2.75) is 59.5 Å². The lowest BCUT2D eigenvalue weighted by molar-refractivity contribution is -0.140. The summed E-state index contributed by atoms with van der Waals surface area (Å²) in [6.07, 6.45) is 0.138. The zero-order valence-corrected chi connectivity index (χ0v) is 21.7. The standard InChI is InChI=1S/C28H33ClN2O4/c1-6-35-28(34)26-19(5)31(25(32)15-24(26)22-8-7-9-23(29)14-22)16-20-10-12-21(13-11-20)27(33)30-18(4)17(2)3/h7-14,17-18,24H,6,15-16H2,1-5H3,(H,30,33). The Morgan fingerprint density at radius 3 is 2.43 bits per heavy atom. The second-order valence-electron chi connectivity index (χ2n) is 9.21. The number of allylic oxidation sites excluding steroid dienone is 1. The first-order valence-electron chi connectivity index (χ1n) is 12.0. The van der Waals surface area contributed by atoms with Gasteiger partial charge in [-0.15, -0.1) is 0 Å². The Balaban J connectivity index is 1.87. The predicted octanol–water partition coefficient (Wildman–Crippen LogP) is 5.47. The van der Waals surface area contributed by atoms with Crippen molar-refractivity contribution in [3.05, 3.63) is 81.5 Å². The first-order valence-corrected chi connectivity index (χ1v) is 12.3. The molecule has 2 aromatic carbocycles. The molecule has 1 heterocycles. The zero-order chi connectivity index (χ0) is 25.7. The first-order chi connectivity index (χ1) is 16.6. The molecule has 2 aromatic rings. The van der Waals surface area contributed by atoms with Gasteiger partial charge in [0.15, 0.2) is 0 Å². The third-order valence-electron chi connectivity index (χ3n) is 6.48. The minimum absolute atomic E-state index is 0.0645. The van der Waals surface area contributed by atoms with Gasteiger partial charge in [-0.05, 0) is 62.1 Å². The Morgan fingerprint density at radius 1 is 1.14 bits per heavy atom. The van der Waals surface area contributed by atoms with Crippen LogP contribution >= 0.6 is 11.6 Å². The van der Waals surface area contributed by atoms with Gasteiger partial charge in [-0.3, -0.25) is 9.59 Å². The fraction of sp³-hybridized carbons (Fsp3) is 0.393. The highest BCUT2D eigenvalue weighted by atomic mass is 35.5. The minimum atomic E-state index is -0.432. The van der Waals surface area contributed by atoms with E-state index in [4.69, 9.17) is 16.3 Å². The van der Waals surface area contributed by atoms with Crippen molar-refractivity contribution in [2.75, 3.05) is 6.61 Å². The van der Waals surface area contributed by atoms with Crippen LogP contribution < -0.4 is 5.32 Å². The zero-order valence-electron chi connectivity index (χ0n) is 20.9. The van der Waals surface area contributed by atoms with Gasteiger partial charge in [-0.1, -0.05) is 49.7 Å². The molecule has 0 fully saturated rings. The summed E-state index contributed by atoms with van der Waals surface area (Å²) < 4.78 is 5.35. The molecule has 1 aliphatic rings. The third kappa shape index (κ3) is 6.31. The largest absolute Gasteiger partial charge is 0.463 e. The van der Waals surface area contributed by atoms with Gasteiger partial charge in [0.2, 0.25) is 5.91 Å². The van der Waals surface area contributed by atoms with Crippen molar-refractivity contribution in [3.63, 3.8) is 0 Å². The monoisotopic (exact) mass is 496 g/mol. The minimum Gasteiger partial charge on any atom is -0.463 e. The van der Waals surface area contributed by atoms with Crippen molar-refractivity contribution in [1.82, 2.24) is 10.2 Å². The highest BCUT2D eigenvalue weighted by molar-refractivity contribution is 6.30. The predicted molar refractivity (Wildman–Crippen MR) is 137 cm³/mol. The maximum atomic E-state index is 13.2. The Bertz CT molecular complexity index is 1120. The fourth-order valence-electron chi connectivity index (χ4n) is 4.09. The summed E-state index contributed by atoms with van der Waals surface area (Å²) in [6, 6.07) is 14.5. The summed E-state index contributed by atoms with van der Waals surface area (Å²) in [6.45, 7) is 10.2. The van der Waals surface area contributed by atoms with Crippen molar-refractivity contribution >= 4 is 29.4 Å². The quantitative estimate of drug-likeness (QED) is 0.492. The Labute approximate surface area is 212 Å². The van der Waals surface area contributed by atoms with E-state index in [9.17, 15) is 14.4 Å². The van der Waals surface area contributed by atoms with Crippen LogP contribution in [0.3, 0.4) is 0 Å². The van der Waals surface area contributed by atoms with Crippen LogP contribution in [0.4, 0.5) is 0 Å². The molecular weight excluding hydrogens is 464 g/mol. The second kappa shape index (κ2) is 11.5. The van der Waals surface area contributed by atoms with E-state index in [1.165, 1.54) is 0 Å². The van der Waals surface area contributed by atoms with Gasteiger partial charge in [-0.25, -0.2) is 4.79 Å². The van der Waals surface area contributed by atoms with E-state index >= 15 is 0 Å². The van der Waals surface area contributed by atoms with E-state index in [1.54, 1.807) is 43.0 Å². The molecule has 35 heavy (non-hydrogen) atoms. The summed E-state index contributed by atoms with van der Waals surface area (Å²) in [4.78, 5) is 40.3. The smallest absolute Gasteiger partial charge is 0.336 e. The lowest BCUT2D eigenvalue weighted by Gasteiger charge is -2.34. The number of carbonyl (C=O) groups excluding carboxylic acids is 3. The molecule has 2 unspecified atom stereocenters. The highest BCUT2D eigenvalue weighted by Crippen LogP contribution is 2.38. The summed E-state index contributed by atoms with van der Waals surface area (Å²) in [5.41, 5.74) is 3.26. The Kier molecular flexibility index (Phi) is 8.73. The number of carbonyl (C=O) groups is 3. The van der Waals surface area contributed by atoms with Gasteiger partial charge in [0.1, 0.15) is 0 Å². The number of esters is 1. The van der Waals surface area contributed by atoms with Crippen LogP contribution in [0.5, 0.6) is 0 Å². The summed E-state index contributed by atoms with van der Waals surface area (Å²) in [5, 5.41) is 3.54. The molecule has 0 spiro atoms. The average molecular weight is 497 g/mol. The van der Waals surface area contributed by atoms with E-state index in [2.05, 4.69) is 19.2 Å². The molecule has 3 rings (SSSR count). The van der Waals surface area contributed by atoms with Crippen molar-refractivity contribution in [3.8, 4) is 0 Å². The SMILES string of the molecule is CCOC(=O)C1=C(C)N(Cc2ccc(C(=O)NC(C)C(C)C)cc2)C(=O)CC1c1cccc(Cl)c1. The van der Waals surface area contributed by atoms with Crippen molar-refractivity contribution in [1.29, 1.82) is 0 Å².